The molecule has 0 aromatic heterocycles. The zero-order valence-electron chi connectivity index (χ0n) is 10.4. The molecule has 0 aliphatic rings. The van der Waals surface area contributed by atoms with Crippen molar-refractivity contribution in [1.29, 1.82) is 5.26 Å². The molecule has 0 bridgehead atoms. The molecule has 17 heavy (non-hydrogen) atoms. The third-order valence-corrected chi connectivity index (χ3v) is 2.53. The Kier molecular flexibility index (Phi) is 4.24. The number of anilines is 1. The number of nitrogens with zero attached hydrogens (tertiary/aromatic N) is 1. The molecule has 0 saturated heterocycles. The van der Waals surface area contributed by atoms with Crippen molar-refractivity contribution < 1.29 is 4.79 Å². The Morgan fingerprint density at radius 3 is 2.65 bits per heavy atom. The number of para-hydroxylation sites is 1. The molecule has 0 fully saturated rings. The van der Waals surface area contributed by atoms with E-state index in [9.17, 15) is 4.79 Å². The first-order chi connectivity index (χ1) is 8.01. The Hall–Kier alpha value is -1.86. The Morgan fingerprint density at radius 1 is 1.41 bits per heavy atom. The van der Waals surface area contributed by atoms with Crippen LogP contribution in [0.25, 0.3) is 0 Å². The van der Waals surface area contributed by atoms with E-state index < -0.39 is 5.41 Å². The third-order valence-electron chi connectivity index (χ3n) is 2.53. The molecule has 1 amide bonds. The van der Waals surface area contributed by atoms with E-state index in [1.54, 1.807) is 31.3 Å². The smallest absolute Gasteiger partial charge is 0.231 e. The minimum atomic E-state index is -0.517. The van der Waals surface area contributed by atoms with Gasteiger partial charge in [-0.15, -0.1) is 0 Å². The number of nitriles is 1. The Morgan fingerprint density at radius 2 is 2.06 bits per heavy atom. The molecule has 4 nitrogen and oxygen atoms in total. The van der Waals surface area contributed by atoms with Crippen LogP contribution in [0, 0.1) is 16.7 Å². The number of hydrogen-bond donors (Lipinski definition) is 2. The SMILES string of the molecule is CNCC(C)(C)C(=O)Nc1ccccc1C#N. The average molecular weight is 231 g/mol. The molecule has 0 radical (unpaired) electrons. The summed E-state index contributed by atoms with van der Waals surface area (Å²) in [4.78, 5) is 12.0. The first kappa shape index (κ1) is 13.2. The lowest BCUT2D eigenvalue weighted by Crippen LogP contribution is -2.38. The number of rotatable bonds is 4. The Bertz CT molecular complexity index is 446. The van der Waals surface area contributed by atoms with Crippen LogP contribution in [0.3, 0.4) is 0 Å². The van der Waals surface area contributed by atoms with Gasteiger partial charge in [0.2, 0.25) is 5.91 Å². The first-order valence-corrected chi connectivity index (χ1v) is 5.46. The van der Waals surface area contributed by atoms with Crippen LogP contribution in [-0.2, 0) is 4.79 Å². The average Bonchev–Trinajstić information content (AvgIpc) is 2.29. The molecule has 0 unspecified atom stereocenters. The third kappa shape index (κ3) is 3.30. The van der Waals surface area contributed by atoms with E-state index in [4.69, 9.17) is 5.26 Å². The lowest BCUT2D eigenvalue weighted by Gasteiger charge is -2.23. The maximum Gasteiger partial charge on any atom is 0.231 e. The van der Waals surface area contributed by atoms with Crippen molar-refractivity contribution in [2.24, 2.45) is 5.41 Å². The molecule has 0 aliphatic carbocycles. The predicted octanol–water partition coefficient (Wildman–Crippen LogP) is 1.74. The van der Waals surface area contributed by atoms with Crippen LogP contribution < -0.4 is 10.6 Å². The number of hydrogen-bond acceptors (Lipinski definition) is 3. The quantitative estimate of drug-likeness (QED) is 0.829. The van der Waals surface area contributed by atoms with Crippen molar-refractivity contribution in [3.8, 4) is 6.07 Å². The summed E-state index contributed by atoms with van der Waals surface area (Å²) in [5.74, 6) is -0.102. The largest absolute Gasteiger partial charge is 0.324 e. The lowest BCUT2D eigenvalue weighted by molar-refractivity contribution is -0.123. The van der Waals surface area contributed by atoms with Crippen molar-refractivity contribution in [2.45, 2.75) is 13.8 Å². The molecule has 0 atom stereocenters. The molecule has 1 aromatic rings. The second kappa shape index (κ2) is 5.46. The van der Waals surface area contributed by atoms with E-state index >= 15 is 0 Å². The van der Waals surface area contributed by atoms with E-state index in [2.05, 4.69) is 16.7 Å². The van der Waals surface area contributed by atoms with Gasteiger partial charge in [-0.25, -0.2) is 0 Å². The standard InChI is InChI=1S/C13H17N3O/c1-13(2,9-15-3)12(17)16-11-7-5-4-6-10(11)8-14/h4-7,15H,9H2,1-3H3,(H,16,17). The van der Waals surface area contributed by atoms with Gasteiger partial charge in [-0.1, -0.05) is 12.1 Å². The summed E-state index contributed by atoms with van der Waals surface area (Å²) in [7, 11) is 1.80. The van der Waals surface area contributed by atoms with Crippen LogP contribution in [0.5, 0.6) is 0 Å². The number of nitrogens with one attached hydrogen (secondary N) is 2. The van der Waals surface area contributed by atoms with Crippen LogP contribution in [-0.4, -0.2) is 19.5 Å². The molecule has 1 rings (SSSR count). The van der Waals surface area contributed by atoms with Crippen molar-refractivity contribution in [3.05, 3.63) is 29.8 Å². The topological polar surface area (TPSA) is 64.9 Å². The summed E-state index contributed by atoms with van der Waals surface area (Å²) < 4.78 is 0. The fourth-order valence-corrected chi connectivity index (χ4v) is 1.50. The molecule has 0 spiro atoms. The number of carbonyl (C=O) groups is 1. The molecule has 0 aliphatic heterocycles. The van der Waals surface area contributed by atoms with E-state index in [1.807, 2.05) is 13.8 Å². The van der Waals surface area contributed by atoms with Crippen LogP contribution in [0.2, 0.25) is 0 Å². The summed E-state index contributed by atoms with van der Waals surface area (Å²) >= 11 is 0. The zero-order valence-corrected chi connectivity index (χ0v) is 10.4. The van der Waals surface area contributed by atoms with E-state index in [-0.39, 0.29) is 5.91 Å². The van der Waals surface area contributed by atoms with Crippen LogP contribution in [0.15, 0.2) is 24.3 Å². The summed E-state index contributed by atoms with van der Waals surface area (Å²) in [6.45, 7) is 4.29. The minimum absolute atomic E-state index is 0.102. The fraction of sp³-hybridized carbons (Fsp3) is 0.385. The maximum atomic E-state index is 12.0. The van der Waals surface area contributed by atoms with E-state index in [1.165, 1.54) is 0 Å². The minimum Gasteiger partial charge on any atom is -0.324 e. The number of carbonyl (C=O) groups excluding carboxylic acids is 1. The zero-order chi connectivity index (χ0) is 12.9. The first-order valence-electron chi connectivity index (χ1n) is 5.46. The highest BCUT2D eigenvalue weighted by Gasteiger charge is 2.27. The predicted molar refractivity (Wildman–Crippen MR) is 67.5 cm³/mol. The van der Waals surface area contributed by atoms with Gasteiger partial charge < -0.3 is 10.6 Å². The second-order valence-electron chi connectivity index (χ2n) is 4.53. The number of benzene rings is 1. The van der Waals surface area contributed by atoms with Crippen LogP contribution in [0.1, 0.15) is 19.4 Å². The van der Waals surface area contributed by atoms with Gasteiger partial charge in [0.15, 0.2) is 0 Å². The monoisotopic (exact) mass is 231 g/mol. The summed E-state index contributed by atoms with van der Waals surface area (Å²) in [5.41, 5.74) is 0.516. The molecule has 0 saturated carbocycles. The Balaban J connectivity index is 2.85. The fourth-order valence-electron chi connectivity index (χ4n) is 1.50. The molecule has 0 heterocycles. The van der Waals surface area contributed by atoms with Crippen LogP contribution >= 0.6 is 0 Å². The Labute approximate surface area is 102 Å². The van der Waals surface area contributed by atoms with E-state index in [0.29, 0.717) is 17.8 Å². The molecule has 4 heteroatoms. The molecular weight excluding hydrogens is 214 g/mol. The summed E-state index contributed by atoms with van der Waals surface area (Å²) in [6.07, 6.45) is 0. The van der Waals surface area contributed by atoms with Gasteiger partial charge in [-0.2, -0.15) is 5.26 Å². The van der Waals surface area contributed by atoms with Gasteiger partial charge in [0, 0.05) is 6.54 Å². The van der Waals surface area contributed by atoms with Gasteiger partial charge in [0.25, 0.3) is 0 Å². The molecule has 2 N–H and O–H groups in total. The normalized spacial score (nSPS) is 10.7. The highest BCUT2D eigenvalue weighted by molar-refractivity contribution is 5.96. The molecular formula is C13H17N3O. The highest BCUT2D eigenvalue weighted by atomic mass is 16.2. The lowest BCUT2D eigenvalue weighted by atomic mass is 9.92. The van der Waals surface area contributed by atoms with Gasteiger partial charge in [-0.3, -0.25) is 4.79 Å². The summed E-state index contributed by atoms with van der Waals surface area (Å²) in [6, 6.07) is 9.03. The van der Waals surface area contributed by atoms with Gasteiger partial charge >= 0.3 is 0 Å². The van der Waals surface area contributed by atoms with Gasteiger partial charge in [-0.05, 0) is 33.0 Å². The van der Waals surface area contributed by atoms with Crippen molar-refractivity contribution >= 4 is 11.6 Å². The highest BCUT2D eigenvalue weighted by Crippen LogP contribution is 2.19. The van der Waals surface area contributed by atoms with Gasteiger partial charge in [0.1, 0.15) is 6.07 Å². The van der Waals surface area contributed by atoms with E-state index in [0.717, 1.165) is 0 Å². The van der Waals surface area contributed by atoms with Gasteiger partial charge in [0.05, 0.1) is 16.7 Å². The molecule has 90 valence electrons. The summed E-state index contributed by atoms with van der Waals surface area (Å²) in [5, 5.41) is 14.7. The maximum absolute atomic E-state index is 12.0. The molecule has 1 aromatic carbocycles. The van der Waals surface area contributed by atoms with Crippen molar-refractivity contribution in [2.75, 3.05) is 18.9 Å². The van der Waals surface area contributed by atoms with Crippen molar-refractivity contribution in [3.63, 3.8) is 0 Å². The second-order valence-corrected chi connectivity index (χ2v) is 4.53. The number of amides is 1. The van der Waals surface area contributed by atoms with Crippen LogP contribution in [0.4, 0.5) is 5.69 Å². The van der Waals surface area contributed by atoms with Crippen molar-refractivity contribution in [1.82, 2.24) is 5.32 Å².